The van der Waals surface area contributed by atoms with E-state index in [-0.39, 0.29) is 61.3 Å². The molecule has 5 rings (SSSR count). The van der Waals surface area contributed by atoms with Gasteiger partial charge in [-0.05, 0) is 84.3 Å². The number of ether oxygens (including phenoxy) is 2. The number of rotatable bonds is 13. The highest BCUT2D eigenvalue weighted by Gasteiger charge is 2.31. The number of aryl methyl sites for hydroxylation is 1. The number of halogens is 3. The second kappa shape index (κ2) is 15.2. The molecule has 0 aliphatic heterocycles. The lowest BCUT2D eigenvalue weighted by Crippen LogP contribution is -2.25. The van der Waals surface area contributed by atoms with Crippen LogP contribution in [0.1, 0.15) is 66.0 Å². The lowest BCUT2D eigenvalue weighted by Gasteiger charge is -2.25. The van der Waals surface area contributed by atoms with Crippen LogP contribution in [0.15, 0.2) is 73.1 Å². The van der Waals surface area contributed by atoms with E-state index in [1.165, 1.54) is 18.5 Å². The molecular weight excluding hydrogens is 647 g/mol. The van der Waals surface area contributed by atoms with Gasteiger partial charge in [0.1, 0.15) is 5.75 Å². The second-order valence-electron chi connectivity index (χ2n) is 12.2. The Bertz CT molecular complexity index is 2040. The quantitative estimate of drug-likeness (QED) is 0.119. The van der Waals surface area contributed by atoms with Crippen molar-refractivity contribution in [2.24, 2.45) is 0 Å². The average molecular weight is 683 g/mol. The number of fused-ring (bicyclic) bond motifs is 1. The number of pyridine rings is 1. The number of carbonyl (C=O) groups excluding carboxylic acids is 1. The number of nitrogens with zero attached hydrogens (tertiary/aromatic N) is 5. The zero-order chi connectivity index (χ0) is 36.0. The average Bonchev–Trinajstić information content (AvgIpc) is 3.09. The van der Waals surface area contributed by atoms with Crippen LogP contribution < -0.4 is 19.5 Å². The molecule has 0 saturated carbocycles. The fourth-order valence-electron chi connectivity index (χ4n) is 5.60. The molecule has 5 aromatic rings. The second-order valence-corrected chi connectivity index (χ2v) is 12.2. The van der Waals surface area contributed by atoms with E-state index >= 15 is 0 Å². The third-order valence-corrected chi connectivity index (χ3v) is 8.15. The summed E-state index contributed by atoms with van der Waals surface area (Å²) >= 11 is 0. The number of alkyl halides is 3. The molecule has 50 heavy (non-hydrogen) atoms. The van der Waals surface area contributed by atoms with Gasteiger partial charge < -0.3 is 24.3 Å². The highest BCUT2D eigenvalue weighted by molar-refractivity contribution is 5.87. The molecule has 0 bridgehead atoms. The molecule has 9 nitrogen and oxygen atoms in total. The number of carboxylic acids is 1. The summed E-state index contributed by atoms with van der Waals surface area (Å²) < 4.78 is 53.0. The third-order valence-electron chi connectivity index (χ3n) is 8.15. The third kappa shape index (κ3) is 8.47. The molecule has 12 heteroatoms. The molecular formula is C38H35F3N5O4-. The predicted octanol–water partition coefficient (Wildman–Crippen LogP) is 7.14. The first-order valence-corrected chi connectivity index (χ1v) is 15.9. The van der Waals surface area contributed by atoms with E-state index in [0.29, 0.717) is 11.4 Å². The van der Waals surface area contributed by atoms with Gasteiger partial charge in [0.2, 0.25) is 5.95 Å². The Hall–Kier alpha value is -5.70. The fraction of sp³-hybridized carbons (Fsp3) is 0.289. The number of methoxy groups -OCH3 is 1. The van der Waals surface area contributed by atoms with Crippen molar-refractivity contribution >= 4 is 22.8 Å². The van der Waals surface area contributed by atoms with Crippen LogP contribution in [0, 0.1) is 18.3 Å². The minimum absolute atomic E-state index is 0.0844. The van der Waals surface area contributed by atoms with Gasteiger partial charge >= 0.3 is 6.18 Å². The van der Waals surface area contributed by atoms with E-state index < -0.39 is 17.7 Å². The van der Waals surface area contributed by atoms with Gasteiger partial charge in [-0.25, -0.2) is 15.0 Å². The highest BCUT2D eigenvalue weighted by Crippen LogP contribution is 2.37. The van der Waals surface area contributed by atoms with Crippen molar-refractivity contribution in [2.75, 3.05) is 18.6 Å². The Morgan fingerprint density at radius 3 is 2.46 bits per heavy atom. The first kappa shape index (κ1) is 35.6. The molecule has 0 N–H and O–H groups in total. The van der Waals surface area contributed by atoms with Gasteiger partial charge in [-0.3, -0.25) is 0 Å². The maximum Gasteiger partial charge on any atom is 0.416 e. The Morgan fingerprint density at radius 2 is 1.80 bits per heavy atom. The molecule has 2 aromatic heterocycles. The van der Waals surface area contributed by atoms with E-state index in [4.69, 9.17) is 14.5 Å². The molecule has 0 aliphatic rings. The standard InChI is InChI=1S/C38H36F3N5O4/c1-23(2)27-10-11-33(49-4)32(17-27)36-29(16-28-8-5-7-24(3)35(28)45-36)22-46(21-26-13-25(18-42)14-30(15-26)38(39,40)41)37-43-19-31(20-44-37)50-12-6-9-34(47)48/h5,7-8,10-11,13-17,19-20,23H,6,9,12,21-22H2,1-4H3,(H,47,48)/p-1. The molecule has 0 spiro atoms. The highest BCUT2D eigenvalue weighted by atomic mass is 19.4. The van der Waals surface area contributed by atoms with Gasteiger partial charge in [0, 0.05) is 30.0 Å². The molecule has 0 unspecified atom stereocenters. The molecule has 258 valence electrons. The van der Waals surface area contributed by atoms with Crippen molar-refractivity contribution in [3.63, 3.8) is 0 Å². The summed E-state index contributed by atoms with van der Waals surface area (Å²) in [4.78, 5) is 26.5. The van der Waals surface area contributed by atoms with Crippen LogP contribution in [0.4, 0.5) is 19.1 Å². The Morgan fingerprint density at radius 1 is 1.04 bits per heavy atom. The number of aliphatic carboxylic acids is 1. The van der Waals surface area contributed by atoms with Crippen LogP contribution in [0.5, 0.6) is 11.5 Å². The zero-order valence-corrected chi connectivity index (χ0v) is 28.0. The van der Waals surface area contributed by atoms with E-state index in [0.717, 1.165) is 45.3 Å². The molecule has 0 saturated heterocycles. The summed E-state index contributed by atoms with van der Waals surface area (Å²) in [5.41, 5.74) is 4.12. The largest absolute Gasteiger partial charge is 0.550 e. The van der Waals surface area contributed by atoms with Gasteiger partial charge in [0.05, 0.1) is 54.5 Å². The number of hydrogen-bond donors (Lipinski definition) is 0. The molecule has 0 aliphatic carbocycles. The van der Waals surface area contributed by atoms with Gasteiger partial charge in [-0.2, -0.15) is 18.4 Å². The number of nitriles is 1. The van der Waals surface area contributed by atoms with Gasteiger partial charge in [0.15, 0.2) is 5.75 Å². The minimum atomic E-state index is -4.66. The number of carbonyl (C=O) groups is 1. The van der Waals surface area contributed by atoms with Crippen molar-refractivity contribution in [1.29, 1.82) is 5.26 Å². The lowest BCUT2D eigenvalue weighted by molar-refractivity contribution is -0.305. The van der Waals surface area contributed by atoms with E-state index in [9.17, 15) is 28.3 Å². The topological polar surface area (TPSA) is 124 Å². The summed E-state index contributed by atoms with van der Waals surface area (Å²) in [6.07, 6.45) is -1.77. The molecule has 0 amide bonds. The monoisotopic (exact) mass is 682 g/mol. The Kier molecular flexibility index (Phi) is 10.9. The van der Waals surface area contributed by atoms with E-state index in [2.05, 4.69) is 23.8 Å². The molecule has 0 radical (unpaired) electrons. The van der Waals surface area contributed by atoms with Crippen molar-refractivity contribution in [1.82, 2.24) is 15.0 Å². The number of carboxylic acid groups (broad SMARTS) is 1. The van der Waals surface area contributed by atoms with Crippen LogP contribution in [0.3, 0.4) is 0 Å². The molecule has 2 heterocycles. The lowest BCUT2D eigenvalue weighted by atomic mass is 9.95. The smallest absolute Gasteiger partial charge is 0.416 e. The summed E-state index contributed by atoms with van der Waals surface area (Å²) in [5.74, 6) is 0.108. The number of benzene rings is 3. The summed E-state index contributed by atoms with van der Waals surface area (Å²) in [6, 6.07) is 18.9. The van der Waals surface area contributed by atoms with Gasteiger partial charge in [-0.15, -0.1) is 0 Å². The zero-order valence-electron chi connectivity index (χ0n) is 28.0. The molecule has 0 atom stereocenters. The number of aromatic nitrogens is 3. The maximum absolute atomic E-state index is 13.9. The van der Waals surface area contributed by atoms with Crippen molar-refractivity contribution in [3.8, 4) is 28.8 Å². The van der Waals surface area contributed by atoms with Crippen molar-refractivity contribution in [3.05, 3.63) is 106 Å². The molecule has 3 aromatic carbocycles. The Labute approximate surface area is 288 Å². The number of anilines is 1. The number of para-hydroxylation sites is 1. The van der Waals surface area contributed by atoms with E-state index in [1.54, 1.807) is 12.0 Å². The van der Waals surface area contributed by atoms with Crippen molar-refractivity contribution < 1.29 is 32.5 Å². The normalized spacial score (nSPS) is 11.4. The van der Waals surface area contributed by atoms with E-state index in [1.807, 2.05) is 55.5 Å². The van der Waals surface area contributed by atoms with Crippen LogP contribution in [0.25, 0.3) is 22.2 Å². The first-order valence-electron chi connectivity index (χ1n) is 15.9. The number of hydrogen-bond acceptors (Lipinski definition) is 9. The summed E-state index contributed by atoms with van der Waals surface area (Å²) in [7, 11) is 1.59. The van der Waals surface area contributed by atoms with Crippen LogP contribution in [0.2, 0.25) is 0 Å². The minimum Gasteiger partial charge on any atom is -0.550 e. The van der Waals surface area contributed by atoms with Crippen LogP contribution in [-0.2, 0) is 24.1 Å². The van der Waals surface area contributed by atoms with Gasteiger partial charge in [0.25, 0.3) is 0 Å². The maximum atomic E-state index is 13.9. The van der Waals surface area contributed by atoms with Crippen LogP contribution >= 0.6 is 0 Å². The molecule has 0 fully saturated rings. The fourth-order valence-corrected chi connectivity index (χ4v) is 5.60. The first-order chi connectivity index (χ1) is 23.9. The summed E-state index contributed by atoms with van der Waals surface area (Å²) in [6.45, 7) is 6.29. The van der Waals surface area contributed by atoms with Crippen LogP contribution in [-0.4, -0.2) is 34.6 Å². The van der Waals surface area contributed by atoms with Crippen molar-refractivity contribution in [2.45, 2.75) is 58.8 Å². The Balaban J connectivity index is 1.64. The predicted molar refractivity (Wildman–Crippen MR) is 180 cm³/mol. The SMILES string of the molecule is COc1ccc(C(C)C)cc1-c1nc2c(C)cccc2cc1CN(Cc1cc(C#N)cc(C(F)(F)F)c1)c1ncc(OCCCC(=O)[O-])cn1. The van der Waals surface area contributed by atoms with Gasteiger partial charge in [-0.1, -0.05) is 38.1 Å². The summed E-state index contributed by atoms with van der Waals surface area (Å²) in [5, 5.41) is 21.2.